The average Bonchev–Trinajstić information content (AvgIpc) is 2.20. The minimum Gasteiger partial charge on any atom is -0.504 e. The first kappa shape index (κ1) is 10.8. The van der Waals surface area contributed by atoms with Crippen LogP contribution in [-0.4, -0.2) is 7.11 Å². The summed E-state index contributed by atoms with van der Waals surface area (Å²) in [5.41, 5.74) is 2.72. The van der Waals surface area contributed by atoms with Gasteiger partial charge in [0.15, 0.2) is 0 Å². The third-order valence-corrected chi connectivity index (χ3v) is 2.20. The molecule has 14 heavy (non-hydrogen) atoms. The van der Waals surface area contributed by atoms with Crippen LogP contribution >= 0.6 is 0 Å². The Labute approximate surface area is 86.4 Å². The molecule has 0 bridgehead atoms. The van der Waals surface area contributed by atoms with Gasteiger partial charge in [0.2, 0.25) is 0 Å². The van der Waals surface area contributed by atoms with E-state index in [0.29, 0.717) is 0 Å². The molecule has 0 saturated heterocycles. The van der Waals surface area contributed by atoms with Gasteiger partial charge in [-0.3, -0.25) is 0 Å². The third kappa shape index (κ3) is 4.13. The van der Waals surface area contributed by atoms with Gasteiger partial charge < -0.3 is 4.74 Å². The summed E-state index contributed by atoms with van der Waals surface area (Å²) in [6, 6.07) is 10.6. The first-order chi connectivity index (χ1) is 6.83. The van der Waals surface area contributed by atoms with Crippen molar-refractivity contribution in [3.63, 3.8) is 0 Å². The fourth-order valence-electron chi connectivity index (χ4n) is 1.48. The maximum Gasteiger partial charge on any atom is 0.0813 e. The molecule has 1 aromatic rings. The van der Waals surface area contributed by atoms with Gasteiger partial charge in [-0.25, -0.2) is 0 Å². The largest absolute Gasteiger partial charge is 0.504 e. The summed E-state index contributed by atoms with van der Waals surface area (Å²) in [6.07, 6.45) is 5.28. The topological polar surface area (TPSA) is 9.23 Å². The van der Waals surface area contributed by atoms with Gasteiger partial charge in [-0.15, -0.1) is 0 Å². The van der Waals surface area contributed by atoms with Crippen LogP contribution in [-0.2, 0) is 11.2 Å². The fraction of sp³-hybridized carbons (Fsp3) is 0.385. The molecule has 0 unspecified atom stereocenters. The Morgan fingerprint density at radius 1 is 1.29 bits per heavy atom. The highest BCUT2D eigenvalue weighted by molar-refractivity contribution is 5.14. The smallest absolute Gasteiger partial charge is 0.0813 e. The van der Waals surface area contributed by atoms with Gasteiger partial charge in [-0.2, -0.15) is 0 Å². The molecule has 1 nitrogen and oxygen atoms in total. The summed E-state index contributed by atoms with van der Waals surface area (Å²) in [5, 5.41) is 0. The lowest BCUT2D eigenvalue weighted by Crippen LogP contribution is -1.86. The van der Waals surface area contributed by atoms with E-state index in [1.807, 2.05) is 6.26 Å². The minimum atomic E-state index is 1.11. The number of aryl methyl sites for hydroxylation is 1. The molecule has 0 atom stereocenters. The van der Waals surface area contributed by atoms with Crippen molar-refractivity contribution in [3.05, 3.63) is 47.7 Å². The molecular weight excluding hydrogens is 172 g/mol. The molecule has 0 amide bonds. The van der Waals surface area contributed by atoms with Crippen molar-refractivity contribution in [2.24, 2.45) is 0 Å². The monoisotopic (exact) mass is 190 g/mol. The van der Waals surface area contributed by atoms with Gasteiger partial charge in [-0.05, 0) is 37.3 Å². The summed E-state index contributed by atoms with van der Waals surface area (Å²) in [7, 11) is 1.70. The molecule has 0 aliphatic heterocycles. The summed E-state index contributed by atoms with van der Waals surface area (Å²) >= 11 is 0. The zero-order valence-corrected chi connectivity index (χ0v) is 8.99. The Balaban J connectivity index is 2.25. The molecule has 0 heterocycles. The first-order valence-electron chi connectivity index (χ1n) is 5.05. The molecule has 0 aliphatic carbocycles. The quantitative estimate of drug-likeness (QED) is 0.645. The Bertz CT molecular complexity index is 275. The van der Waals surface area contributed by atoms with Crippen molar-refractivity contribution in [1.29, 1.82) is 0 Å². The van der Waals surface area contributed by atoms with Crippen LogP contribution in [0, 0.1) is 0 Å². The second-order valence-corrected chi connectivity index (χ2v) is 3.54. The van der Waals surface area contributed by atoms with Crippen LogP contribution in [0.1, 0.15) is 25.3 Å². The molecule has 0 aromatic heterocycles. The van der Waals surface area contributed by atoms with Crippen LogP contribution in [0.4, 0.5) is 0 Å². The lowest BCUT2D eigenvalue weighted by atomic mass is 10.1. The van der Waals surface area contributed by atoms with Crippen LogP contribution in [0.25, 0.3) is 0 Å². The molecule has 0 spiro atoms. The summed E-state index contributed by atoms with van der Waals surface area (Å²) in [4.78, 5) is 0. The lowest BCUT2D eigenvalue weighted by Gasteiger charge is -2.01. The Morgan fingerprint density at radius 3 is 2.64 bits per heavy atom. The minimum absolute atomic E-state index is 1.11. The van der Waals surface area contributed by atoms with Crippen LogP contribution < -0.4 is 0 Å². The van der Waals surface area contributed by atoms with Crippen molar-refractivity contribution < 1.29 is 4.74 Å². The molecule has 0 fully saturated rings. The van der Waals surface area contributed by atoms with Crippen molar-refractivity contribution in [1.82, 2.24) is 0 Å². The second kappa shape index (κ2) is 6.25. The number of hydrogen-bond acceptors (Lipinski definition) is 1. The zero-order valence-electron chi connectivity index (χ0n) is 8.99. The average molecular weight is 190 g/mol. The molecule has 0 aliphatic rings. The number of rotatable bonds is 5. The van der Waals surface area contributed by atoms with Gasteiger partial charge in [-0.1, -0.05) is 30.3 Å². The van der Waals surface area contributed by atoms with Gasteiger partial charge in [0, 0.05) is 0 Å². The highest BCUT2D eigenvalue weighted by Crippen LogP contribution is 2.09. The van der Waals surface area contributed by atoms with E-state index in [2.05, 4.69) is 37.3 Å². The molecule has 1 rings (SSSR count). The van der Waals surface area contributed by atoms with E-state index in [9.17, 15) is 0 Å². The highest BCUT2D eigenvalue weighted by atomic mass is 16.5. The number of ether oxygens (including phenoxy) is 1. The molecule has 76 valence electrons. The van der Waals surface area contributed by atoms with Crippen LogP contribution in [0.3, 0.4) is 0 Å². The maximum absolute atomic E-state index is 4.94. The van der Waals surface area contributed by atoms with E-state index >= 15 is 0 Å². The van der Waals surface area contributed by atoms with Crippen molar-refractivity contribution >= 4 is 0 Å². The van der Waals surface area contributed by atoms with E-state index in [0.717, 1.165) is 12.8 Å². The second-order valence-electron chi connectivity index (χ2n) is 3.54. The lowest BCUT2D eigenvalue weighted by molar-refractivity contribution is 0.332. The Kier molecular flexibility index (Phi) is 4.84. The summed E-state index contributed by atoms with van der Waals surface area (Å²) in [5.74, 6) is 0. The van der Waals surface area contributed by atoms with E-state index in [-0.39, 0.29) is 0 Å². The van der Waals surface area contributed by atoms with Crippen LogP contribution in [0.2, 0.25) is 0 Å². The number of hydrogen-bond donors (Lipinski definition) is 0. The first-order valence-corrected chi connectivity index (χ1v) is 5.05. The van der Waals surface area contributed by atoms with Crippen LogP contribution in [0.5, 0.6) is 0 Å². The standard InChI is InChI=1S/C13H18O/c1-12(11-14-2)7-6-10-13-8-4-3-5-9-13/h3-5,8-9,11H,6-7,10H2,1-2H3/b12-11-. The fourth-order valence-corrected chi connectivity index (χ4v) is 1.48. The van der Waals surface area contributed by atoms with Gasteiger partial charge >= 0.3 is 0 Å². The van der Waals surface area contributed by atoms with Crippen molar-refractivity contribution in [3.8, 4) is 0 Å². The molecule has 0 N–H and O–H groups in total. The number of allylic oxidation sites excluding steroid dienone is 1. The van der Waals surface area contributed by atoms with Crippen molar-refractivity contribution in [2.75, 3.05) is 7.11 Å². The molecule has 1 heteroatoms. The number of methoxy groups -OCH3 is 1. The molecular formula is C13H18O. The van der Waals surface area contributed by atoms with E-state index in [4.69, 9.17) is 4.74 Å². The molecule has 1 aromatic carbocycles. The predicted octanol–water partition coefficient (Wildman–Crippen LogP) is 3.56. The van der Waals surface area contributed by atoms with E-state index in [1.54, 1.807) is 7.11 Å². The van der Waals surface area contributed by atoms with Gasteiger partial charge in [0.05, 0.1) is 13.4 Å². The Hall–Kier alpha value is -1.24. The summed E-state index contributed by atoms with van der Waals surface area (Å²) < 4.78 is 4.94. The van der Waals surface area contributed by atoms with E-state index < -0.39 is 0 Å². The highest BCUT2D eigenvalue weighted by Gasteiger charge is 1.93. The predicted molar refractivity (Wildman–Crippen MR) is 60.1 cm³/mol. The summed E-state index contributed by atoms with van der Waals surface area (Å²) in [6.45, 7) is 2.11. The molecule has 0 radical (unpaired) electrons. The molecule has 0 saturated carbocycles. The van der Waals surface area contributed by atoms with Crippen molar-refractivity contribution in [2.45, 2.75) is 26.2 Å². The van der Waals surface area contributed by atoms with Gasteiger partial charge in [0.1, 0.15) is 0 Å². The van der Waals surface area contributed by atoms with Crippen LogP contribution in [0.15, 0.2) is 42.2 Å². The maximum atomic E-state index is 4.94. The zero-order chi connectivity index (χ0) is 10.2. The SMILES string of the molecule is CO/C=C(/C)CCCc1ccccc1. The Morgan fingerprint density at radius 2 is 2.00 bits per heavy atom. The normalized spacial score (nSPS) is 11.4. The van der Waals surface area contributed by atoms with Gasteiger partial charge in [0.25, 0.3) is 0 Å². The number of benzene rings is 1. The van der Waals surface area contributed by atoms with E-state index in [1.165, 1.54) is 17.6 Å². The third-order valence-electron chi connectivity index (χ3n) is 2.20.